The highest BCUT2D eigenvalue weighted by Crippen LogP contribution is 2.34. The van der Waals surface area contributed by atoms with Crippen LogP contribution in [0.2, 0.25) is 0 Å². The summed E-state index contributed by atoms with van der Waals surface area (Å²) in [5.74, 6) is 0. The van der Waals surface area contributed by atoms with E-state index in [-0.39, 0.29) is 0 Å². The summed E-state index contributed by atoms with van der Waals surface area (Å²) in [6, 6.07) is 37.2. The molecule has 0 saturated carbocycles. The van der Waals surface area contributed by atoms with E-state index < -0.39 is 0 Å². The molecule has 5 aromatic carbocycles. The standard InChI is InChI=1S/C27H20/c1-19-26(24-15-13-20-7-2-4-9-22(20)17-24)11-6-12-27(19)25-16-14-21-8-3-5-10-23(21)18-25/h2-18H,1H3. The van der Waals surface area contributed by atoms with Crippen molar-refractivity contribution in [3.63, 3.8) is 0 Å². The minimum Gasteiger partial charge on any atom is -0.0616 e. The van der Waals surface area contributed by atoms with E-state index in [4.69, 9.17) is 0 Å². The molecule has 0 fully saturated rings. The van der Waals surface area contributed by atoms with Gasteiger partial charge < -0.3 is 0 Å². The third-order valence-electron chi connectivity index (χ3n) is 5.45. The molecule has 0 unspecified atom stereocenters. The van der Waals surface area contributed by atoms with Gasteiger partial charge in [0.05, 0.1) is 0 Å². The van der Waals surface area contributed by atoms with Crippen LogP contribution in [0.25, 0.3) is 43.8 Å². The van der Waals surface area contributed by atoms with Crippen molar-refractivity contribution in [3.8, 4) is 22.3 Å². The van der Waals surface area contributed by atoms with Crippen molar-refractivity contribution < 1.29 is 0 Å². The van der Waals surface area contributed by atoms with Gasteiger partial charge in [0.2, 0.25) is 0 Å². The van der Waals surface area contributed by atoms with Gasteiger partial charge in [0, 0.05) is 0 Å². The van der Waals surface area contributed by atoms with E-state index >= 15 is 0 Å². The third kappa shape index (κ3) is 2.80. The Labute approximate surface area is 159 Å². The topological polar surface area (TPSA) is 0 Å². The molecule has 0 bridgehead atoms. The molecule has 0 aliphatic rings. The summed E-state index contributed by atoms with van der Waals surface area (Å²) in [7, 11) is 0. The fourth-order valence-electron chi connectivity index (χ4n) is 3.97. The molecule has 0 spiro atoms. The molecule has 0 heterocycles. The molecule has 0 aliphatic heterocycles. The van der Waals surface area contributed by atoms with Crippen molar-refractivity contribution in [2.75, 3.05) is 0 Å². The fourth-order valence-corrected chi connectivity index (χ4v) is 3.97. The Kier molecular flexibility index (Phi) is 3.76. The van der Waals surface area contributed by atoms with E-state index in [0.29, 0.717) is 0 Å². The molecule has 128 valence electrons. The van der Waals surface area contributed by atoms with Crippen LogP contribution in [0.1, 0.15) is 5.56 Å². The summed E-state index contributed by atoms with van der Waals surface area (Å²) in [5, 5.41) is 5.13. The van der Waals surface area contributed by atoms with Crippen LogP contribution in [-0.2, 0) is 0 Å². The Balaban J connectivity index is 1.66. The number of fused-ring (bicyclic) bond motifs is 2. The molecule has 0 atom stereocenters. The second-order valence-corrected chi connectivity index (χ2v) is 7.10. The predicted molar refractivity (Wildman–Crippen MR) is 117 cm³/mol. The highest BCUT2D eigenvalue weighted by molar-refractivity contribution is 5.91. The Morgan fingerprint density at radius 1 is 0.407 bits per heavy atom. The average molecular weight is 344 g/mol. The van der Waals surface area contributed by atoms with Gasteiger partial charge in [-0.3, -0.25) is 0 Å². The minimum atomic E-state index is 1.27. The summed E-state index contributed by atoms with van der Waals surface area (Å²) in [5.41, 5.74) is 6.46. The summed E-state index contributed by atoms with van der Waals surface area (Å²) in [6.07, 6.45) is 0. The maximum atomic E-state index is 2.29. The number of rotatable bonds is 2. The lowest BCUT2D eigenvalue weighted by atomic mass is 9.91. The Hall–Kier alpha value is -3.38. The van der Waals surface area contributed by atoms with Crippen molar-refractivity contribution in [2.24, 2.45) is 0 Å². The van der Waals surface area contributed by atoms with Gasteiger partial charge in [-0.05, 0) is 68.4 Å². The first-order valence-corrected chi connectivity index (χ1v) is 9.37. The van der Waals surface area contributed by atoms with Crippen LogP contribution in [0, 0.1) is 6.92 Å². The maximum Gasteiger partial charge on any atom is -0.0148 e. The first-order chi connectivity index (χ1) is 13.3. The van der Waals surface area contributed by atoms with Gasteiger partial charge >= 0.3 is 0 Å². The van der Waals surface area contributed by atoms with E-state index in [0.717, 1.165) is 0 Å². The van der Waals surface area contributed by atoms with Gasteiger partial charge in [-0.2, -0.15) is 0 Å². The predicted octanol–water partition coefficient (Wildman–Crippen LogP) is 7.64. The fraction of sp³-hybridized carbons (Fsp3) is 0.0370. The zero-order valence-electron chi connectivity index (χ0n) is 15.3. The van der Waals surface area contributed by atoms with E-state index in [1.165, 1.54) is 49.4 Å². The number of hydrogen-bond acceptors (Lipinski definition) is 0. The number of hydrogen-bond donors (Lipinski definition) is 0. The van der Waals surface area contributed by atoms with Crippen LogP contribution in [0.3, 0.4) is 0 Å². The first kappa shape index (κ1) is 15.8. The van der Waals surface area contributed by atoms with E-state index in [1.54, 1.807) is 0 Å². The monoisotopic (exact) mass is 344 g/mol. The molecule has 0 nitrogen and oxygen atoms in total. The Morgan fingerprint density at radius 2 is 0.852 bits per heavy atom. The second kappa shape index (κ2) is 6.41. The van der Waals surface area contributed by atoms with Crippen LogP contribution in [0.15, 0.2) is 103 Å². The lowest BCUT2D eigenvalue weighted by Crippen LogP contribution is -1.89. The van der Waals surface area contributed by atoms with Gasteiger partial charge in [-0.1, -0.05) is 91.0 Å². The summed E-state index contributed by atoms with van der Waals surface area (Å²) in [6.45, 7) is 2.23. The molecule has 27 heavy (non-hydrogen) atoms. The Bertz CT molecular complexity index is 1180. The van der Waals surface area contributed by atoms with Crippen LogP contribution < -0.4 is 0 Å². The molecule has 5 rings (SSSR count). The van der Waals surface area contributed by atoms with Crippen LogP contribution in [0.5, 0.6) is 0 Å². The lowest BCUT2D eigenvalue weighted by Gasteiger charge is -2.13. The van der Waals surface area contributed by atoms with Gasteiger partial charge in [-0.15, -0.1) is 0 Å². The second-order valence-electron chi connectivity index (χ2n) is 7.10. The molecule has 0 amide bonds. The van der Waals surface area contributed by atoms with Crippen LogP contribution >= 0.6 is 0 Å². The zero-order valence-corrected chi connectivity index (χ0v) is 15.3. The lowest BCUT2D eigenvalue weighted by molar-refractivity contribution is 1.45. The highest BCUT2D eigenvalue weighted by atomic mass is 14.1. The maximum absolute atomic E-state index is 2.29. The molecule has 0 radical (unpaired) electrons. The molecule has 5 aromatic rings. The molecule has 0 aliphatic carbocycles. The van der Waals surface area contributed by atoms with Gasteiger partial charge in [0.1, 0.15) is 0 Å². The molecule has 0 saturated heterocycles. The molecule has 0 heteroatoms. The molecular weight excluding hydrogens is 324 g/mol. The van der Waals surface area contributed by atoms with Crippen LogP contribution in [0.4, 0.5) is 0 Å². The van der Waals surface area contributed by atoms with Gasteiger partial charge in [0.15, 0.2) is 0 Å². The minimum absolute atomic E-state index is 1.27. The van der Waals surface area contributed by atoms with Gasteiger partial charge in [-0.25, -0.2) is 0 Å². The molecular formula is C27H20. The van der Waals surface area contributed by atoms with Crippen LogP contribution in [-0.4, -0.2) is 0 Å². The normalized spacial score (nSPS) is 11.1. The van der Waals surface area contributed by atoms with E-state index in [2.05, 4.69) is 110 Å². The first-order valence-electron chi connectivity index (χ1n) is 9.37. The van der Waals surface area contributed by atoms with Crippen molar-refractivity contribution in [1.82, 2.24) is 0 Å². The van der Waals surface area contributed by atoms with Crippen molar-refractivity contribution >= 4 is 21.5 Å². The zero-order chi connectivity index (χ0) is 18.2. The smallest absolute Gasteiger partial charge is 0.0148 e. The number of benzene rings is 5. The third-order valence-corrected chi connectivity index (χ3v) is 5.45. The molecule has 0 N–H and O–H groups in total. The van der Waals surface area contributed by atoms with E-state index in [9.17, 15) is 0 Å². The summed E-state index contributed by atoms with van der Waals surface area (Å²) < 4.78 is 0. The average Bonchev–Trinajstić information content (AvgIpc) is 2.73. The Morgan fingerprint density at radius 3 is 1.33 bits per heavy atom. The quantitative estimate of drug-likeness (QED) is 0.309. The van der Waals surface area contributed by atoms with Crippen molar-refractivity contribution in [3.05, 3.63) is 109 Å². The summed E-state index contributed by atoms with van der Waals surface area (Å²) in [4.78, 5) is 0. The largest absolute Gasteiger partial charge is 0.0616 e. The van der Waals surface area contributed by atoms with E-state index in [1.807, 2.05) is 0 Å². The SMILES string of the molecule is Cc1c(-c2ccc3ccccc3c2)cccc1-c1ccc2ccccc2c1. The highest BCUT2D eigenvalue weighted by Gasteiger charge is 2.09. The van der Waals surface area contributed by atoms with Gasteiger partial charge in [0.25, 0.3) is 0 Å². The molecule has 0 aromatic heterocycles. The van der Waals surface area contributed by atoms with Crippen molar-refractivity contribution in [1.29, 1.82) is 0 Å². The summed E-state index contributed by atoms with van der Waals surface area (Å²) >= 11 is 0. The van der Waals surface area contributed by atoms with Crippen molar-refractivity contribution in [2.45, 2.75) is 6.92 Å².